The highest BCUT2D eigenvalue weighted by Gasteiger charge is 2.03. The molecule has 20 heavy (non-hydrogen) atoms. The summed E-state index contributed by atoms with van der Waals surface area (Å²) in [6.07, 6.45) is 0. The molecule has 0 radical (unpaired) electrons. The minimum atomic E-state index is -0.186. The van der Waals surface area contributed by atoms with Gasteiger partial charge in [-0.15, -0.1) is 0 Å². The molecule has 106 valence electrons. The molecule has 0 saturated carbocycles. The Morgan fingerprint density at radius 1 is 1.20 bits per heavy atom. The van der Waals surface area contributed by atoms with Gasteiger partial charge in [0.25, 0.3) is 0 Å². The summed E-state index contributed by atoms with van der Waals surface area (Å²) in [7, 11) is 0. The van der Waals surface area contributed by atoms with Gasteiger partial charge >= 0.3 is 0 Å². The van der Waals surface area contributed by atoms with E-state index in [0.717, 1.165) is 11.3 Å². The molecule has 0 saturated heterocycles. The summed E-state index contributed by atoms with van der Waals surface area (Å²) >= 11 is 6.11. The first-order chi connectivity index (χ1) is 9.60. The Labute approximate surface area is 123 Å². The van der Waals surface area contributed by atoms with Crippen molar-refractivity contribution in [1.29, 1.82) is 0 Å². The third kappa shape index (κ3) is 3.64. The number of ether oxygens (including phenoxy) is 1. The monoisotopic (exact) mass is 293 g/mol. The Bertz CT molecular complexity index is 601. The largest absolute Gasteiger partial charge is 0.492 e. The van der Waals surface area contributed by atoms with Gasteiger partial charge in [0.15, 0.2) is 0 Å². The van der Waals surface area contributed by atoms with E-state index in [1.54, 1.807) is 25.1 Å². The number of aryl methyl sites for hydroxylation is 1. The van der Waals surface area contributed by atoms with Crippen molar-refractivity contribution in [3.8, 4) is 5.75 Å². The van der Waals surface area contributed by atoms with Crippen molar-refractivity contribution in [2.75, 3.05) is 11.9 Å². The smallest absolute Gasteiger partial charge is 0.138 e. The molecular formula is C16H17ClFNO. The van der Waals surface area contributed by atoms with E-state index in [1.807, 2.05) is 25.1 Å². The van der Waals surface area contributed by atoms with Gasteiger partial charge < -0.3 is 10.1 Å². The van der Waals surface area contributed by atoms with E-state index < -0.39 is 0 Å². The number of hydrogen-bond acceptors (Lipinski definition) is 2. The van der Waals surface area contributed by atoms with Crippen LogP contribution in [-0.4, -0.2) is 6.61 Å². The summed E-state index contributed by atoms with van der Waals surface area (Å²) in [5.41, 5.74) is 2.41. The molecule has 0 fully saturated rings. The van der Waals surface area contributed by atoms with Crippen LogP contribution in [0.25, 0.3) is 0 Å². The van der Waals surface area contributed by atoms with E-state index in [4.69, 9.17) is 16.3 Å². The van der Waals surface area contributed by atoms with Crippen LogP contribution >= 0.6 is 11.6 Å². The first-order valence-corrected chi connectivity index (χ1v) is 6.89. The van der Waals surface area contributed by atoms with Crippen LogP contribution in [0.3, 0.4) is 0 Å². The summed E-state index contributed by atoms with van der Waals surface area (Å²) in [6.45, 7) is 4.78. The third-order valence-electron chi connectivity index (χ3n) is 2.96. The van der Waals surface area contributed by atoms with Gasteiger partial charge in [0.05, 0.1) is 11.6 Å². The Kier molecular flexibility index (Phi) is 4.85. The zero-order valence-electron chi connectivity index (χ0n) is 11.5. The fourth-order valence-electron chi connectivity index (χ4n) is 1.83. The van der Waals surface area contributed by atoms with Gasteiger partial charge in [0.1, 0.15) is 11.6 Å². The highest BCUT2D eigenvalue weighted by Crippen LogP contribution is 2.27. The predicted octanol–water partition coefficient (Wildman–Crippen LogP) is 4.80. The van der Waals surface area contributed by atoms with E-state index in [9.17, 15) is 4.39 Å². The Morgan fingerprint density at radius 3 is 2.65 bits per heavy atom. The maximum absolute atomic E-state index is 13.4. The molecule has 2 aromatic carbocycles. The maximum atomic E-state index is 13.4. The van der Waals surface area contributed by atoms with E-state index in [-0.39, 0.29) is 5.82 Å². The number of nitrogens with one attached hydrogen (secondary N) is 1. The molecule has 0 aliphatic rings. The molecule has 0 spiro atoms. The van der Waals surface area contributed by atoms with E-state index in [1.165, 1.54) is 0 Å². The first-order valence-electron chi connectivity index (χ1n) is 6.51. The minimum absolute atomic E-state index is 0.186. The average Bonchev–Trinajstić information content (AvgIpc) is 2.43. The number of anilines is 1. The van der Waals surface area contributed by atoms with E-state index in [2.05, 4.69) is 5.32 Å². The quantitative estimate of drug-likeness (QED) is 0.855. The van der Waals surface area contributed by atoms with E-state index >= 15 is 0 Å². The lowest BCUT2D eigenvalue weighted by molar-refractivity contribution is 0.340. The van der Waals surface area contributed by atoms with Crippen LogP contribution in [0.1, 0.15) is 18.1 Å². The molecule has 0 bridgehead atoms. The van der Waals surface area contributed by atoms with Crippen LogP contribution < -0.4 is 10.1 Å². The van der Waals surface area contributed by atoms with Gasteiger partial charge in [-0.05, 0) is 49.2 Å². The summed E-state index contributed by atoms with van der Waals surface area (Å²) < 4.78 is 18.8. The molecule has 0 unspecified atom stereocenters. The van der Waals surface area contributed by atoms with Gasteiger partial charge in [-0.1, -0.05) is 23.7 Å². The molecule has 2 aromatic rings. The summed E-state index contributed by atoms with van der Waals surface area (Å²) in [4.78, 5) is 0. The standard InChI is InChI=1S/C16H17ClFNO/c1-3-20-16-7-6-13(9-14(16)17)19-10-12-5-4-11(2)15(18)8-12/h4-9,19H,3,10H2,1-2H3. The lowest BCUT2D eigenvalue weighted by atomic mass is 10.1. The summed E-state index contributed by atoms with van der Waals surface area (Å²) in [5, 5.41) is 3.77. The Balaban J connectivity index is 2.03. The summed E-state index contributed by atoms with van der Waals surface area (Å²) in [6, 6.07) is 10.7. The lowest BCUT2D eigenvalue weighted by Crippen LogP contribution is -2.01. The number of hydrogen-bond donors (Lipinski definition) is 1. The number of benzene rings is 2. The topological polar surface area (TPSA) is 21.3 Å². The molecule has 0 heterocycles. The third-order valence-corrected chi connectivity index (χ3v) is 3.26. The van der Waals surface area contributed by atoms with Gasteiger partial charge in [0, 0.05) is 12.2 Å². The van der Waals surface area contributed by atoms with Crippen molar-refractivity contribution in [2.24, 2.45) is 0 Å². The molecule has 0 aromatic heterocycles. The van der Waals surface area contributed by atoms with Crippen molar-refractivity contribution in [1.82, 2.24) is 0 Å². The molecule has 0 atom stereocenters. The summed E-state index contributed by atoms with van der Waals surface area (Å²) in [5.74, 6) is 0.482. The number of halogens is 2. The number of rotatable bonds is 5. The molecule has 0 aliphatic heterocycles. The molecule has 2 nitrogen and oxygen atoms in total. The van der Waals surface area contributed by atoms with E-state index in [0.29, 0.717) is 29.5 Å². The zero-order chi connectivity index (χ0) is 14.5. The highest BCUT2D eigenvalue weighted by molar-refractivity contribution is 6.32. The predicted molar refractivity (Wildman–Crippen MR) is 81.1 cm³/mol. The molecule has 2 rings (SSSR count). The molecule has 4 heteroatoms. The highest BCUT2D eigenvalue weighted by atomic mass is 35.5. The van der Waals surface area contributed by atoms with Gasteiger partial charge in [0.2, 0.25) is 0 Å². The molecule has 0 amide bonds. The molecule has 1 N–H and O–H groups in total. The fourth-order valence-corrected chi connectivity index (χ4v) is 2.07. The van der Waals surface area contributed by atoms with Crippen molar-refractivity contribution in [3.05, 3.63) is 58.4 Å². The van der Waals surface area contributed by atoms with Gasteiger partial charge in [-0.3, -0.25) is 0 Å². The van der Waals surface area contributed by atoms with Crippen LogP contribution in [0, 0.1) is 12.7 Å². The second kappa shape index (κ2) is 6.62. The van der Waals surface area contributed by atoms with Gasteiger partial charge in [-0.25, -0.2) is 4.39 Å². The van der Waals surface area contributed by atoms with Crippen LogP contribution in [0.15, 0.2) is 36.4 Å². The lowest BCUT2D eigenvalue weighted by Gasteiger charge is -2.10. The van der Waals surface area contributed by atoms with Crippen molar-refractivity contribution >= 4 is 17.3 Å². The van der Waals surface area contributed by atoms with Crippen LogP contribution in [-0.2, 0) is 6.54 Å². The second-order valence-electron chi connectivity index (χ2n) is 4.52. The average molecular weight is 294 g/mol. The maximum Gasteiger partial charge on any atom is 0.138 e. The van der Waals surface area contributed by atoms with Crippen LogP contribution in [0.2, 0.25) is 5.02 Å². The van der Waals surface area contributed by atoms with Crippen LogP contribution in [0.5, 0.6) is 5.75 Å². The zero-order valence-corrected chi connectivity index (χ0v) is 12.3. The fraction of sp³-hybridized carbons (Fsp3) is 0.250. The van der Waals surface area contributed by atoms with Crippen molar-refractivity contribution in [2.45, 2.75) is 20.4 Å². The second-order valence-corrected chi connectivity index (χ2v) is 4.92. The SMILES string of the molecule is CCOc1ccc(NCc2ccc(C)c(F)c2)cc1Cl. The first kappa shape index (κ1) is 14.7. The molecular weight excluding hydrogens is 277 g/mol. The van der Waals surface area contributed by atoms with Crippen molar-refractivity contribution < 1.29 is 9.13 Å². The Morgan fingerprint density at radius 2 is 2.00 bits per heavy atom. The van der Waals surface area contributed by atoms with Crippen molar-refractivity contribution in [3.63, 3.8) is 0 Å². The minimum Gasteiger partial charge on any atom is -0.492 e. The Hall–Kier alpha value is -1.74. The van der Waals surface area contributed by atoms with Crippen LogP contribution in [0.4, 0.5) is 10.1 Å². The molecule has 0 aliphatic carbocycles. The normalized spacial score (nSPS) is 10.4. The van der Waals surface area contributed by atoms with Gasteiger partial charge in [-0.2, -0.15) is 0 Å².